The summed E-state index contributed by atoms with van der Waals surface area (Å²) in [6.45, 7) is 0. The summed E-state index contributed by atoms with van der Waals surface area (Å²) in [7, 11) is 0. The third kappa shape index (κ3) is 0.969. The van der Waals surface area contributed by atoms with Gasteiger partial charge in [0.2, 0.25) is 0 Å². The lowest BCUT2D eigenvalue weighted by Gasteiger charge is -2.04. The van der Waals surface area contributed by atoms with Crippen molar-refractivity contribution in [2.45, 2.75) is 12.8 Å². The average molecular weight is 205 g/mol. The van der Waals surface area contributed by atoms with Crippen LogP contribution in [0.5, 0.6) is 0 Å². The van der Waals surface area contributed by atoms with Gasteiger partial charge in [0.05, 0.1) is 11.1 Å². The molecule has 4 rings (SSSR count). The highest BCUT2D eigenvalue weighted by molar-refractivity contribution is 5.61. The minimum absolute atomic E-state index is 0.745. The third-order valence-electron chi connectivity index (χ3n) is 3.96. The maximum Gasteiger partial charge on any atom is 0.0791 e. The van der Waals surface area contributed by atoms with Crippen molar-refractivity contribution in [1.29, 1.82) is 0 Å². The first-order valence-electron chi connectivity index (χ1n) is 5.97. The second kappa shape index (κ2) is 2.91. The maximum absolute atomic E-state index is 2.28. The molecule has 0 saturated heterocycles. The van der Waals surface area contributed by atoms with Crippen molar-refractivity contribution in [3.63, 3.8) is 0 Å². The van der Waals surface area contributed by atoms with Gasteiger partial charge >= 0.3 is 0 Å². The molecule has 0 amide bonds. The number of hydrogen-bond acceptors (Lipinski definition) is 0. The molecule has 0 aromatic heterocycles. The van der Waals surface area contributed by atoms with E-state index in [2.05, 4.69) is 48.5 Å². The van der Waals surface area contributed by atoms with Crippen LogP contribution >= 0.6 is 0 Å². The van der Waals surface area contributed by atoms with Gasteiger partial charge in [-0.15, -0.1) is 0 Å². The Labute approximate surface area is 95.9 Å². The summed E-state index contributed by atoms with van der Waals surface area (Å²) in [6.07, 6.45) is 2.47. The van der Waals surface area contributed by atoms with Crippen LogP contribution in [0.15, 0.2) is 48.5 Å². The van der Waals surface area contributed by atoms with Gasteiger partial charge in [0.25, 0.3) is 0 Å². The van der Waals surface area contributed by atoms with E-state index in [0.717, 1.165) is 5.92 Å². The van der Waals surface area contributed by atoms with E-state index in [9.17, 15) is 0 Å². The molecule has 0 atom stereocenters. The largest absolute Gasteiger partial charge is 0.0791 e. The summed E-state index contributed by atoms with van der Waals surface area (Å²) >= 11 is 0. The van der Waals surface area contributed by atoms with Crippen LogP contribution in [0, 0.1) is 11.8 Å². The fraction of sp³-hybridized carbons (Fsp3) is 0.188. The van der Waals surface area contributed by atoms with Gasteiger partial charge in [0, 0.05) is 47.9 Å². The molecule has 0 nitrogen and oxygen atoms in total. The maximum atomic E-state index is 2.28. The van der Waals surface area contributed by atoms with Crippen molar-refractivity contribution in [3.8, 4) is 0 Å². The molecule has 0 bridgehead atoms. The number of fused-ring (bicyclic) bond motifs is 5. The van der Waals surface area contributed by atoms with Crippen LogP contribution < -0.4 is 0 Å². The lowest BCUT2D eigenvalue weighted by Crippen LogP contribution is -2.02. The molecular weight excluding hydrogens is 192 g/mol. The fourth-order valence-electron chi connectivity index (χ4n) is 3.31. The second-order valence-corrected chi connectivity index (χ2v) is 4.83. The summed E-state index contributed by atoms with van der Waals surface area (Å²) < 4.78 is 0. The van der Waals surface area contributed by atoms with Crippen LogP contribution in [-0.4, -0.2) is 0 Å². The Hall–Kier alpha value is -1.69. The van der Waals surface area contributed by atoms with Gasteiger partial charge in [-0.1, -0.05) is 0 Å². The molecule has 76 valence electrons. The highest BCUT2D eigenvalue weighted by Crippen LogP contribution is 2.48. The summed E-state index contributed by atoms with van der Waals surface area (Å²) in [4.78, 5) is 0. The van der Waals surface area contributed by atoms with Crippen LogP contribution in [0.2, 0.25) is 0 Å². The lowest BCUT2D eigenvalue weighted by molar-refractivity contribution is 0.643. The molecule has 0 aliphatic heterocycles. The molecule has 0 saturated carbocycles. The highest BCUT2D eigenvalue weighted by atomic mass is 14.4. The normalized spacial score (nSPS) is 17.1. The van der Waals surface area contributed by atoms with Crippen molar-refractivity contribution in [1.82, 2.24) is 0 Å². The van der Waals surface area contributed by atoms with Crippen molar-refractivity contribution < 1.29 is 0 Å². The molecule has 2 aliphatic carbocycles. The zero-order valence-electron chi connectivity index (χ0n) is 9.11. The summed E-state index contributed by atoms with van der Waals surface area (Å²) in [5.74, 6) is 2.35. The molecule has 0 unspecified atom stereocenters. The molecule has 2 aromatic carbocycles. The summed E-state index contributed by atoms with van der Waals surface area (Å²) in [5.41, 5.74) is 6.07. The smallest absolute Gasteiger partial charge is 0.0463 e. The Morgan fingerprint density at radius 2 is 1.25 bits per heavy atom. The second-order valence-electron chi connectivity index (χ2n) is 4.83. The highest BCUT2D eigenvalue weighted by Gasteiger charge is 2.45. The molecule has 0 N–H and O–H groups in total. The van der Waals surface area contributed by atoms with Crippen molar-refractivity contribution in [2.24, 2.45) is 5.92 Å². The number of rotatable bonds is 0. The fourth-order valence-corrected chi connectivity index (χ4v) is 3.31. The number of hydrogen-bond donors (Lipinski definition) is 0. The van der Waals surface area contributed by atoms with E-state index < -0.39 is 0 Å². The van der Waals surface area contributed by atoms with Crippen LogP contribution in [0.3, 0.4) is 0 Å². The Balaban J connectivity index is 1.93. The van der Waals surface area contributed by atoms with E-state index >= 15 is 0 Å². The Morgan fingerprint density at radius 3 is 1.81 bits per heavy atom. The van der Waals surface area contributed by atoms with Crippen LogP contribution in [0.25, 0.3) is 0 Å². The summed E-state index contributed by atoms with van der Waals surface area (Å²) in [5, 5.41) is 0. The van der Waals surface area contributed by atoms with Crippen LogP contribution in [0.4, 0.5) is 0 Å². The average Bonchev–Trinajstić information content (AvgIpc) is 2.83. The van der Waals surface area contributed by atoms with Crippen LogP contribution in [-0.2, 0) is 12.8 Å². The van der Waals surface area contributed by atoms with E-state index in [4.69, 9.17) is 0 Å². The topological polar surface area (TPSA) is 0 Å². The first kappa shape index (κ1) is 8.46. The molecule has 0 heteroatoms. The van der Waals surface area contributed by atoms with Gasteiger partial charge in [0.15, 0.2) is 0 Å². The molecule has 0 spiro atoms. The van der Waals surface area contributed by atoms with Gasteiger partial charge in [-0.05, 0) is 36.4 Å². The van der Waals surface area contributed by atoms with Crippen molar-refractivity contribution in [2.75, 3.05) is 0 Å². The van der Waals surface area contributed by atoms with Gasteiger partial charge in [-0.2, -0.15) is 0 Å². The van der Waals surface area contributed by atoms with Crippen molar-refractivity contribution >= 4 is 0 Å². The molecule has 16 heavy (non-hydrogen) atoms. The minimum Gasteiger partial charge on any atom is -0.0463 e. The Morgan fingerprint density at radius 1 is 0.750 bits per heavy atom. The quantitative estimate of drug-likeness (QED) is 0.578. The lowest BCUT2D eigenvalue weighted by atomic mass is 9.92. The molecule has 2 aliphatic rings. The molecular formula is C16H13+. The van der Waals surface area contributed by atoms with Gasteiger partial charge in [0.1, 0.15) is 0 Å². The zero-order chi connectivity index (χ0) is 10.5. The molecule has 2 aromatic rings. The molecule has 0 heterocycles. The predicted molar refractivity (Wildman–Crippen MR) is 65.2 cm³/mol. The minimum atomic E-state index is 0.745. The predicted octanol–water partition coefficient (Wildman–Crippen LogP) is 3.39. The monoisotopic (exact) mass is 205 g/mol. The Kier molecular flexibility index (Phi) is 1.54. The van der Waals surface area contributed by atoms with E-state index in [1.165, 1.54) is 35.1 Å². The first-order valence-corrected chi connectivity index (χ1v) is 5.97. The van der Waals surface area contributed by atoms with Gasteiger partial charge in [-0.3, -0.25) is 0 Å². The van der Waals surface area contributed by atoms with Gasteiger partial charge < -0.3 is 0 Å². The third-order valence-corrected chi connectivity index (χ3v) is 3.96. The Bertz CT molecular complexity index is 504. The van der Waals surface area contributed by atoms with Gasteiger partial charge in [-0.25, -0.2) is 0 Å². The zero-order valence-corrected chi connectivity index (χ0v) is 9.11. The van der Waals surface area contributed by atoms with E-state index in [0.29, 0.717) is 0 Å². The molecule has 0 radical (unpaired) electrons. The van der Waals surface area contributed by atoms with Crippen molar-refractivity contribution in [3.05, 3.63) is 76.7 Å². The van der Waals surface area contributed by atoms with E-state index in [1.807, 2.05) is 0 Å². The summed E-state index contributed by atoms with van der Waals surface area (Å²) in [6, 6.07) is 17.8. The van der Waals surface area contributed by atoms with Crippen LogP contribution in [0.1, 0.15) is 22.3 Å². The molecule has 0 fully saturated rings. The first-order chi connectivity index (χ1) is 7.93. The van der Waals surface area contributed by atoms with E-state index in [1.54, 1.807) is 5.92 Å². The standard InChI is InChI=1S/C16H13/c1-3-7-14-11(5-1)9-13-10-12-6-2-4-8-15(12)16(13)14/h1-8,13H,9-10H2/q+1. The van der Waals surface area contributed by atoms with E-state index in [-0.39, 0.29) is 0 Å². The SMILES string of the molecule is c1ccc2c(c1)CC1Cc3ccccc3[C+]21. The number of benzene rings is 2.